The van der Waals surface area contributed by atoms with E-state index in [1.807, 2.05) is 18.2 Å². The molecule has 0 fully saturated rings. The van der Waals surface area contributed by atoms with Crippen molar-refractivity contribution >= 4 is 87.0 Å². The largest absolute Gasteiger partial charge is 0.309 e. The molecule has 0 aliphatic carbocycles. The van der Waals surface area contributed by atoms with Gasteiger partial charge in [0.25, 0.3) is 0 Å². The summed E-state index contributed by atoms with van der Waals surface area (Å²) in [6.07, 6.45) is 0. The maximum Gasteiger partial charge on any atom is 0.168 e. The minimum Gasteiger partial charge on any atom is -0.309 e. The zero-order valence-corrected chi connectivity index (χ0v) is 47.8. The lowest BCUT2D eigenvalue weighted by Gasteiger charge is -2.13. The Balaban J connectivity index is 0.730. The summed E-state index contributed by atoms with van der Waals surface area (Å²) < 4.78 is 6.89. The summed E-state index contributed by atoms with van der Waals surface area (Å²) in [6.45, 7) is 0. The van der Waals surface area contributed by atoms with Crippen molar-refractivity contribution < 1.29 is 0 Å². The highest BCUT2D eigenvalue weighted by atomic mass is 15.3. The summed E-state index contributed by atoms with van der Waals surface area (Å²) >= 11 is 0. The van der Waals surface area contributed by atoms with Crippen LogP contribution in [0.15, 0.2) is 297 Å². The molecule has 0 saturated carbocycles. The monoisotopic (exact) mass is 1140 g/mol. The summed E-state index contributed by atoms with van der Waals surface area (Å²) in [6, 6.07) is 105. The topological polar surface area (TPSA) is 92.1 Å². The van der Waals surface area contributed by atoms with Gasteiger partial charge in [-0.3, -0.25) is 4.57 Å². The molecule has 0 aliphatic rings. The Kier molecular flexibility index (Phi) is 11.4. The smallest absolute Gasteiger partial charge is 0.168 e. The number of nitrogens with zero attached hydrogens (tertiary/aromatic N) is 9. The Bertz CT molecular complexity index is 5520. The highest BCUT2D eigenvalue weighted by Gasteiger charge is 2.23. The van der Waals surface area contributed by atoms with Gasteiger partial charge in [0.05, 0.1) is 44.5 Å². The first-order valence-electron chi connectivity index (χ1n) is 29.9. The third-order valence-corrected chi connectivity index (χ3v) is 17.6. The first-order chi connectivity index (χ1) is 44.1. The number of benzene rings is 13. The Hall–Kier alpha value is -12.2. The second-order valence-corrected chi connectivity index (χ2v) is 22.7. The summed E-state index contributed by atoms with van der Waals surface area (Å²) in [5, 5.41) is 21.5. The number of fused-ring (bicyclic) bond motifs is 10. The molecular weight excluding hydrogens is 1090 g/mol. The number of rotatable bonds is 9. The van der Waals surface area contributed by atoms with Gasteiger partial charge in [-0.25, -0.2) is 19.9 Å². The van der Waals surface area contributed by atoms with E-state index in [0.717, 1.165) is 139 Å². The third-order valence-electron chi connectivity index (χ3n) is 17.6. The second-order valence-electron chi connectivity index (χ2n) is 22.7. The van der Waals surface area contributed by atoms with Crippen molar-refractivity contribution in [2.75, 3.05) is 0 Å². The second kappa shape index (κ2) is 20.2. The molecule has 18 aromatic rings. The Labute approximate surface area is 510 Å². The normalized spacial score (nSPS) is 11.8. The van der Waals surface area contributed by atoms with Gasteiger partial charge in [-0.2, -0.15) is 0 Å². The summed E-state index contributed by atoms with van der Waals surface area (Å²) in [5.41, 5.74) is 16.8. The van der Waals surface area contributed by atoms with Crippen molar-refractivity contribution in [1.82, 2.24) is 43.8 Å². The molecule has 0 unspecified atom stereocenters. The van der Waals surface area contributed by atoms with Crippen LogP contribution < -0.4 is 0 Å². The van der Waals surface area contributed by atoms with Crippen molar-refractivity contribution in [3.05, 3.63) is 297 Å². The van der Waals surface area contributed by atoms with Crippen LogP contribution in [0.1, 0.15) is 0 Å². The molecule has 0 spiro atoms. The van der Waals surface area contributed by atoms with Gasteiger partial charge in [-0.1, -0.05) is 188 Å². The van der Waals surface area contributed by atoms with Crippen molar-refractivity contribution in [2.24, 2.45) is 0 Å². The fraction of sp³-hybridized carbons (Fsp3) is 0. The third kappa shape index (κ3) is 8.32. The highest BCUT2D eigenvalue weighted by Crippen LogP contribution is 2.41. The molecule has 0 bridgehead atoms. The maximum absolute atomic E-state index is 5.28. The van der Waals surface area contributed by atoms with Crippen molar-refractivity contribution in [1.29, 1.82) is 0 Å². The van der Waals surface area contributed by atoms with E-state index in [1.165, 1.54) is 21.5 Å². The molecule has 0 atom stereocenters. The van der Waals surface area contributed by atoms with Crippen molar-refractivity contribution in [3.8, 4) is 85.1 Å². The SMILES string of the molecule is c1ccc(-n2c(-c3ccc4c5ccccc5n(-c5ccc(-c6nc(-c7ccc8ccccc8c7)c7ccccc7n6)cc5)c4c3)nnc2-c2ccc3c4ccccc4n(-c4ccc(-c5nc(-c6ccc7ccccc7c6)c6ccccc6n5)cc4)c3c2)cc1. The molecule has 9 nitrogen and oxygen atoms in total. The van der Waals surface area contributed by atoms with E-state index < -0.39 is 0 Å². The van der Waals surface area contributed by atoms with Crippen LogP contribution in [-0.2, 0) is 0 Å². The fourth-order valence-corrected chi connectivity index (χ4v) is 13.3. The van der Waals surface area contributed by atoms with Gasteiger partial charge in [0.15, 0.2) is 23.3 Å². The lowest BCUT2D eigenvalue weighted by molar-refractivity contribution is 1.07. The number of hydrogen-bond acceptors (Lipinski definition) is 6. The molecule has 5 aromatic heterocycles. The van der Waals surface area contributed by atoms with E-state index in [0.29, 0.717) is 11.6 Å². The van der Waals surface area contributed by atoms with E-state index in [-0.39, 0.29) is 0 Å². The van der Waals surface area contributed by atoms with Crippen LogP contribution in [0.3, 0.4) is 0 Å². The number of aromatic nitrogens is 9. The summed E-state index contributed by atoms with van der Waals surface area (Å²) in [4.78, 5) is 20.8. The zero-order valence-electron chi connectivity index (χ0n) is 47.8. The van der Waals surface area contributed by atoms with Gasteiger partial charge in [-0.05, 0) is 131 Å². The van der Waals surface area contributed by atoms with E-state index in [1.54, 1.807) is 0 Å². The van der Waals surface area contributed by atoms with Gasteiger partial charge in [0.2, 0.25) is 0 Å². The highest BCUT2D eigenvalue weighted by molar-refractivity contribution is 6.12. The predicted molar refractivity (Wildman–Crippen MR) is 364 cm³/mol. The molecule has 414 valence electrons. The van der Waals surface area contributed by atoms with E-state index in [2.05, 4.69) is 293 Å². The van der Waals surface area contributed by atoms with Gasteiger partial charge in [-0.15, -0.1) is 10.2 Å². The molecular formula is C80H49N9. The first kappa shape index (κ1) is 50.2. The average molecular weight is 1140 g/mol. The van der Waals surface area contributed by atoms with Crippen LogP contribution >= 0.6 is 0 Å². The van der Waals surface area contributed by atoms with Crippen LogP contribution in [-0.4, -0.2) is 43.8 Å². The van der Waals surface area contributed by atoms with Gasteiger partial charge < -0.3 is 9.13 Å². The minimum absolute atomic E-state index is 0.675. The molecule has 89 heavy (non-hydrogen) atoms. The predicted octanol–water partition coefficient (Wildman–Crippen LogP) is 19.7. The molecule has 0 radical (unpaired) electrons. The van der Waals surface area contributed by atoms with Crippen LogP contribution in [0.2, 0.25) is 0 Å². The quantitative estimate of drug-likeness (QED) is 0.143. The van der Waals surface area contributed by atoms with E-state index >= 15 is 0 Å². The van der Waals surface area contributed by atoms with Crippen LogP contribution in [0.4, 0.5) is 0 Å². The molecule has 9 heteroatoms. The fourth-order valence-electron chi connectivity index (χ4n) is 13.3. The number of para-hydroxylation sites is 5. The lowest BCUT2D eigenvalue weighted by atomic mass is 10.0. The average Bonchev–Trinajstić information content (AvgIpc) is 1.77. The Morgan fingerprint density at radius 2 is 0.573 bits per heavy atom. The number of hydrogen-bond donors (Lipinski definition) is 0. The maximum atomic E-state index is 5.28. The Morgan fingerprint density at radius 3 is 1.04 bits per heavy atom. The summed E-state index contributed by atoms with van der Waals surface area (Å²) in [5.74, 6) is 2.81. The minimum atomic E-state index is 0.675. The molecule has 0 saturated heterocycles. The molecule has 0 N–H and O–H groups in total. The zero-order chi connectivity index (χ0) is 58.5. The molecule has 18 rings (SSSR count). The van der Waals surface area contributed by atoms with Crippen LogP contribution in [0, 0.1) is 0 Å². The van der Waals surface area contributed by atoms with Crippen LogP contribution in [0.25, 0.3) is 172 Å². The van der Waals surface area contributed by atoms with Crippen molar-refractivity contribution in [2.45, 2.75) is 0 Å². The van der Waals surface area contributed by atoms with Gasteiger partial charge >= 0.3 is 0 Å². The van der Waals surface area contributed by atoms with E-state index in [4.69, 9.17) is 30.1 Å². The molecule has 13 aromatic carbocycles. The molecule has 0 amide bonds. The summed E-state index contributed by atoms with van der Waals surface area (Å²) in [7, 11) is 0. The van der Waals surface area contributed by atoms with Crippen LogP contribution in [0.5, 0.6) is 0 Å². The molecule has 0 aliphatic heterocycles. The van der Waals surface area contributed by atoms with Gasteiger partial charge in [0, 0.05) is 82.8 Å². The van der Waals surface area contributed by atoms with E-state index in [9.17, 15) is 0 Å². The lowest BCUT2D eigenvalue weighted by Crippen LogP contribution is -2.01. The van der Waals surface area contributed by atoms with Crippen molar-refractivity contribution in [3.63, 3.8) is 0 Å². The first-order valence-corrected chi connectivity index (χ1v) is 29.9. The Morgan fingerprint density at radius 1 is 0.213 bits per heavy atom. The van der Waals surface area contributed by atoms with Gasteiger partial charge in [0.1, 0.15) is 0 Å². The standard InChI is InChI=1S/C80H49N9/c1-2-20-60(21-3-1)89-79(58-38-44-65-63-22-10-14-28-71(63)87(73(65)48-58)61-40-34-52(35-41-61)77-81-69-26-12-8-24-67(69)75(83-77)56-32-30-50-16-4-6-18-54(50)46-56)85-86-80(89)59-39-45-66-64-23-11-15-29-72(64)88(74(66)49-59)62-42-36-53(37-43-62)78-82-70-27-13-9-25-68(70)76(84-78)57-33-31-51-17-5-7-19-55(51)47-57/h1-49H. The molecule has 5 heterocycles.